The Balaban J connectivity index is 1.54. The summed E-state index contributed by atoms with van der Waals surface area (Å²) in [5.41, 5.74) is 3.23. The number of nitrogens with one attached hydrogen (secondary N) is 2. The highest BCUT2D eigenvalue weighted by atomic mass is 16.1. The third kappa shape index (κ3) is 3.01. The van der Waals surface area contributed by atoms with Crippen LogP contribution in [0.1, 0.15) is 24.1 Å². The van der Waals surface area contributed by atoms with Gasteiger partial charge in [-0.15, -0.1) is 0 Å². The average molecular weight is 328 g/mol. The lowest BCUT2D eigenvalue weighted by Gasteiger charge is -2.16. The summed E-state index contributed by atoms with van der Waals surface area (Å²) in [5.74, 6) is 0.0326. The number of H-pyrrole nitrogens is 1. The van der Waals surface area contributed by atoms with Crippen LogP contribution in [-0.4, -0.2) is 10.9 Å². The second-order valence-corrected chi connectivity index (χ2v) is 6.39. The highest BCUT2D eigenvalue weighted by molar-refractivity contribution is 5.90. The highest BCUT2D eigenvalue weighted by Crippen LogP contribution is 2.24. The maximum absolute atomic E-state index is 12.5. The van der Waals surface area contributed by atoms with Gasteiger partial charge in [0.05, 0.1) is 12.5 Å². The summed E-state index contributed by atoms with van der Waals surface area (Å²) in [5, 5.41) is 6.62. The van der Waals surface area contributed by atoms with Crippen LogP contribution in [0.15, 0.2) is 72.9 Å². The quantitative estimate of drug-likeness (QED) is 0.558. The lowest BCUT2D eigenvalue weighted by Crippen LogP contribution is -2.28. The van der Waals surface area contributed by atoms with Crippen LogP contribution in [0.25, 0.3) is 21.7 Å². The molecule has 0 aliphatic heterocycles. The van der Waals surface area contributed by atoms with Gasteiger partial charge < -0.3 is 10.3 Å². The molecular formula is C22H20N2O. The van der Waals surface area contributed by atoms with E-state index in [0.717, 1.165) is 22.0 Å². The van der Waals surface area contributed by atoms with E-state index >= 15 is 0 Å². The number of amides is 1. The van der Waals surface area contributed by atoms with Gasteiger partial charge >= 0.3 is 0 Å². The van der Waals surface area contributed by atoms with E-state index in [1.165, 1.54) is 10.8 Å². The fourth-order valence-corrected chi connectivity index (χ4v) is 3.45. The number of carbonyl (C=O) groups excluding carboxylic acids is 1. The van der Waals surface area contributed by atoms with Crippen molar-refractivity contribution in [3.8, 4) is 0 Å². The molecule has 0 spiro atoms. The second kappa shape index (κ2) is 6.44. The van der Waals surface area contributed by atoms with Gasteiger partial charge in [0.2, 0.25) is 5.91 Å². The predicted octanol–water partition coefficient (Wildman–Crippen LogP) is 4.74. The van der Waals surface area contributed by atoms with Gasteiger partial charge in [-0.1, -0.05) is 60.7 Å². The predicted molar refractivity (Wildman–Crippen MR) is 103 cm³/mol. The zero-order chi connectivity index (χ0) is 17.2. The van der Waals surface area contributed by atoms with Crippen molar-refractivity contribution < 1.29 is 4.79 Å². The number of aromatic nitrogens is 1. The molecule has 0 aliphatic rings. The topological polar surface area (TPSA) is 44.9 Å². The zero-order valence-electron chi connectivity index (χ0n) is 14.1. The number of hydrogen-bond donors (Lipinski definition) is 2. The van der Waals surface area contributed by atoms with Crippen molar-refractivity contribution in [2.45, 2.75) is 19.4 Å². The van der Waals surface area contributed by atoms with E-state index in [-0.39, 0.29) is 11.9 Å². The minimum Gasteiger partial charge on any atom is -0.361 e. The molecule has 0 saturated heterocycles. The molecule has 0 radical (unpaired) electrons. The average Bonchev–Trinajstić information content (AvgIpc) is 3.04. The molecule has 0 aliphatic carbocycles. The first kappa shape index (κ1) is 15.5. The monoisotopic (exact) mass is 328 g/mol. The Morgan fingerprint density at radius 3 is 2.56 bits per heavy atom. The SMILES string of the molecule is C[C@@H](NC(=O)Cc1c[nH]c2ccccc12)c1cccc2ccccc12. The Bertz CT molecular complexity index is 1040. The van der Waals surface area contributed by atoms with Crippen molar-refractivity contribution >= 4 is 27.6 Å². The van der Waals surface area contributed by atoms with E-state index in [1.54, 1.807) is 0 Å². The molecule has 3 heteroatoms. The molecular weight excluding hydrogens is 308 g/mol. The normalized spacial score (nSPS) is 12.4. The summed E-state index contributed by atoms with van der Waals surface area (Å²) in [6.07, 6.45) is 2.30. The largest absolute Gasteiger partial charge is 0.361 e. The van der Waals surface area contributed by atoms with Crippen LogP contribution in [0.4, 0.5) is 0 Å². The van der Waals surface area contributed by atoms with Crippen molar-refractivity contribution in [2.75, 3.05) is 0 Å². The molecule has 0 unspecified atom stereocenters. The number of carbonyl (C=O) groups is 1. The summed E-state index contributed by atoms with van der Waals surface area (Å²) in [6, 6.07) is 22.5. The summed E-state index contributed by atoms with van der Waals surface area (Å²) in [6.45, 7) is 2.04. The molecule has 3 nitrogen and oxygen atoms in total. The third-order valence-electron chi connectivity index (χ3n) is 4.69. The minimum absolute atomic E-state index is 0.0326. The summed E-state index contributed by atoms with van der Waals surface area (Å²) in [7, 11) is 0. The van der Waals surface area contributed by atoms with Gasteiger partial charge in [-0.3, -0.25) is 4.79 Å². The van der Waals surface area contributed by atoms with Crippen LogP contribution in [0.2, 0.25) is 0 Å². The van der Waals surface area contributed by atoms with Crippen LogP contribution < -0.4 is 5.32 Å². The fourth-order valence-electron chi connectivity index (χ4n) is 3.45. The molecule has 124 valence electrons. The highest BCUT2D eigenvalue weighted by Gasteiger charge is 2.14. The van der Waals surface area contributed by atoms with Crippen molar-refractivity contribution in [1.82, 2.24) is 10.3 Å². The van der Waals surface area contributed by atoms with Crippen LogP contribution in [-0.2, 0) is 11.2 Å². The molecule has 1 amide bonds. The molecule has 1 heterocycles. The number of hydrogen-bond acceptors (Lipinski definition) is 1. The van der Waals surface area contributed by atoms with Gasteiger partial charge in [0, 0.05) is 17.1 Å². The fraction of sp³-hybridized carbons (Fsp3) is 0.136. The van der Waals surface area contributed by atoms with E-state index in [9.17, 15) is 4.79 Å². The number of rotatable bonds is 4. The lowest BCUT2D eigenvalue weighted by molar-refractivity contribution is -0.121. The van der Waals surface area contributed by atoms with Crippen molar-refractivity contribution in [1.29, 1.82) is 0 Å². The standard InChI is InChI=1S/C22H20N2O/c1-15(18-11-6-8-16-7-2-3-9-19(16)18)24-22(25)13-17-14-23-21-12-5-4-10-20(17)21/h2-12,14-15,23H,13H2,1H3,(H,24,25)/t15-/m1/s1. The van der Waals surface area contributed by atoms with Crippen LogP contribution in [0.3, 0.4) is 0 Å². The number of para-hydroxylation sites is 1. The number of aromatic amines is 1. The zero-order valence-corrected chi connectivity index (χ0v) is 14.1. The Morgan fingerprint density at radius 1 is 0.960 bits per heavy atom. The third-order valence-corrected chi connectivity index (χ3v) is 4.69. The Kier molecular flexibility index (Phi) is 3.98. The molecule has 1 atom stereocenters. The molecule has 0 saturated carbocycles. The number of benzene rings is 3. The van der Waals surface area contributed by atoms with Gasteiger partial charge in [-0.05, 0) is 34.9 Å². The first-order valence-corrected chi connectivity index (χ1v) is 8.54. The van der Waals surface area contributed by atoms with Gasteiger partial charge in [0.15, 0.2) is 0 Å². The van der Waals surface area contributed by atoms with E-state index in [4.69, 9.17) is 0 Å². The van der Waals surface area contributed by atoms with Crippen LogP contribution in [0.5, 0.6) is 0 Å². The van der Waals surface area contributed by atoms with E-state index < -0.39 is 0 Å². The van der Waals surface area contributed by atoms with Crippen molar-refractivity contribution in [3.05, 3.63) is 84.1 Å². The van der Waals surface area contributed by atoms with Gasteiger partial charge in [0.25, 0.3) is 0 Å². The molecule has 3 aromatic carbocycles. The number of fused-ring (bicyclic) bond motifs is 2. The van der Waals surface area contributed by atoms with Crippen LogP contribution in [0, 0.1) is 0 Å². The summed E-state index contributed by atoms with van der Waals surface area (Å²) < 4.78 is 0. The first-order chi connectivity index (χ1) is 12.2. The molecule has 0 fully saturated rings. The van der Waals surface area contributed by atoms with Crippen molar-refractivity contribution in [2.24, 2.45) is 0 Å². The Labute approximate surface area is 146 Å². The minimum atomic E-state index is -0.0381. The van der Waals surface area contributed by atoms with Crippen molar-refractivity contribution in [3.63, 3.8) is 0 Å². The molecule has 4 rings (SSSR count). The molecule has 4 aromatic rings. The van der Waals surface area contributed by atoms with Gasteiger partial charge in [0.1, 0.15) is 0 Å². The lowest BCUT2D eigenvalue weighted by atomic mass is 9.99. The van der Waals surface area contributed by atoms with Crippen LogP contribution >= 0.6 is 0 Å². The maximum Gasteiger partial charge on any atom is 0.224 e. The van der Waals surface area contributed by atoms with Gasteiger partial charge in [-0.25, -0.2) is 0 Å². The second-order valence-electron chi connectivity index (χ2n) is 6.39. The summed E-state index contributed by atoms with van der Waals surface area (Å²) >= 11 is 0. The Morgan fingerprint density at radius 2 is 1.68 bits per heavy atom. The van der Waals surface area contributed by atoms with E-state index in [1.807, 2.05) is 55.6 Å². The maximum atomic E-state index is 12.5. The molecule has 1 aromatic heterocycles. The van der Waals surface area contributed by atoms with E-state index in [0.29, 0.717) is 6.42 Å². The smallest absolute Gasteiger partial charge is 0.224 e. The molecule has 0 bridgehead atoms. The van der Waals surface area contributed by atoms with Gasteiger partial charge in [-0.2, -0.15) is 0 Å². The van der Waals surface area contributed by atoms with E-state index in [2.05, 4.69) is 34.6 Å². The first-order valence-electron chi connectivity index (χ1n) is 8.54. The molecule has 25 heavy (non-hydrogen) atoms. The molecule has 2 N–H and O–H groups in total. The Hall–Kier alpha value is -3.07. The summed E-state index contributed by atoms with van der Waals surface area (Å²) in [4.78, 5) is 15.8.